The van der Waals surface area contributed by atoms with E-state index in [4.69, 9.17) is 11.1 Å². The molecular formula is C17H32Cl3Si2Zr. The van der Waals surface area contributed by atoms with Gasteiger partial charge in [0.15, 0.2) is 7.38 Å². The Bertz CT molecular complexity index is 363. The van der Waals surface area contributed by atoms with Crippen molar-refractivity contribution >= 4 is 26.5 Å². The summed E-state index contributed by atoms with van der Waals surface area (Å²) in [6, 6.07) is 0. The van der Waals surface area contributed by atoms with Gasteiger partial charge in [0.25, 0.3) is 0 Å². The second-order valence-corrected chi connectivity index (χ2v) is 19.2. The second kappa shape index (κ2) is 13.8. The molecule has 0 aromatic heterocycles. The molecule has 1 unspecified atom stereocenters. The van der Waals surface area contributed by atoms with Crippen LogP contribution in [0, 0.1) is 6.08 Å². The molecule has 1 aliphatic carbocycles. The second-order valence-electron chi connectivity index (χ2n) is 7.24. The van der Waals surface area contributed by atoms with Gasteiger partial charge < -0.3 is 24.8 Å². The molecule has 1 rings (SSSR count). The minimum atomic E-state index is -1.62. The van der Waals surface area contributed by atoms with Crippen LogP contribution in [0.2, 0.25) is 31.4 Å². The van der Waals surface area contributed by atoms with Crippen LogP contribution >= 0.6 is 11.1 Å². The predicted molar refractivity (Wildman–Crippen MR) is 98.5 cm³/mol. The van der Waals surface area contributed by atoms with Gasteiger partial charge in [-0.05, 0) is 5.16 Å². The summed E-state index contributed by atoms with van der Waals surface area (Å²) in [5.74, 6) is 0. The number of unbranched alkanes of at least 4 members (excludes halogenated alkanes) is 4. The third kappa shape index (κ3) is 9.80. The largest absolute Gasteiger partial charge is 3.00 e. The van der Waals surface area contributed by atoms with Crippen LogP contribution in [-0.2, 0) is 26.2 Å². The van der Waals surface area contributed by atoms with Gasteiger partial charge in [0.2, 0.25) is 0 Å². The Labute approximate surface area is 183 Å². The topological polar surface area (TPSA) is 0 Å². The van der Waals surface area contributed by atoms with Gasteiger partial charge in [0.1, 0.15) is 0 Å². The van der Waals surface area contributed by atoms with E-state index in [0.29, 0.717) is 0 Å². The maximum Gasteiger partial charge on any atom is 3.00 e. The molecule has 1 atom stereocenters. The zero-order valence-corrected chi connectivity index (χ0v) is 22.0. The molecule has 0 aromatic rings. The van der Waals surface area contributed by atoms with Gasteiger partial charge in [0, 0.05) is 8.07 Å². The van der Waals surface area contributed by atoms with E-state index in [-0.39, 0.29) is 51.0 Å². The summed E-state index contributed by atoms with van der Waals surface area (Å²) in [6.07, 6.45) is 17.4. The van der Waals surface area contributed by atoms with Crippen molar-refractivity contribution in [3.05, 3.63) is 23.4 Å². The van der Waals surface area contributed by atoms with Gasteiger partial charge in [-0.1, -0.05) is 71.6 Å². The smallest absolute Gasteiger partial charge is 1.00 e. The maximum atomic E-state index is 6.91. The van der Waals surface area contributed by atoms with Crippen molar-refractivity contribution in [2.45, 2.75) is 83.2 Å². The Balaban J connectivity index is -0.00000133. The van der Waals surface area contributed by atoms with Gasteiger partial charge >= 0.3 is 26.2 Å². The summed E-state index contributed by atoms with van der Waals surface area (Å²) >= 11 is 6.91. The fraction of sp³-hybridized carbons (Fsp3) is 0.765. The summed E-state index contributed by atoms with van der Waals surface area (Å²) in [4.78, 5) is 0. The number of hydrogen-bond acceptors (Lipinski definition) is 0. The Morgan fingerprint density at radius 1 is 1.09 bits per heavy atom. The number of hydrogen-bond donors (Lipinski definition) is 0. The standard InChI is InChI=1S/C17H32ClSi2.2ClH.Zr/c1-6-7-8-9-10-15-17(20(4,5)18)19(2,3)16-13-11-12-14-16;;;/h11,13,17H,6-10,12,15H2,1-5H3;2*1H;/q-1;;;+3/p-2. The molecule has 1 radical (unpaired) electrons. The van der Waals surface area contributed by atoms with Crippen LogP contribution in [0.4, 0.5) is 0 Å². The minimum absolute atomic E-state index is 0. The zero-order chi connectivity index (χ0) is 15.2. The molecule has 6 heteroatoms. The molecular weight excluding hydrogens is 458 g/mol. The third-order valence-electron chi connectivity index (χ3n) is 4.69. The van der Waals surface area contributed by atoms with Crippen LogP contribution in [0.1, 0.15) is 51.9 Å². The van der Waals surface area contributed by atoms with E-state index in [2.05, 4.69) is 51.3 Å². The summed E-state index contributed by atoms with van der Waals surface area (Å²) < 4.78 is 0. The monoisotopic (exact) mass is 487 g/mol. The predicted octanol–water partition coefficient (Wildman–Crippen LogP) is 0.643. The van der Waals surface area contributed by atoms with Crippen molar-refractivity contribution in [3.63, 3.8) is 0 Å². The fourth-order valence-corrected chi connectivity index (χ4v) is 17.0. The van der Waals surface area contributed by atoms with E-state index in [9.17, 15) is 0 Å². The van der Waals surface area contributed by atoms with E-state index in [0.717, 1.165) is 11.6 Å². The molecule has 0 bridgehead atoms. The van der Waals surface area contributed by atoms with Crippen LogP contribution in [0.25, 0.3) is 0 Å². The van der Waals surface area contributed by atoms with Crippen molar-refractivity contribution < 1.29 is 51.0 Å². The van der Waals surface area contributed by atoms with Crippen LogP contribution in [0.3, 0.4) is 0 Å². The van der Waals surface area contributed by atoms with Crippen LogP contribution in [0.5, 0.6) is 0 Å². The molecule has 0 saturated carbocycles. The minimum Gasteiger partial charge on any atom is -1.00 e. The molecule has 0 amide bonds. The van der Waals surface area contributed by atoms with Crippen LogP contribution < -0.4 is 24.8 Å². The van der Waals surface area contributed by atoms with Crippen molar-refractivity contribution in [2.75, 3.05) is 0 Å². The molecule has 0 spiro atoms. The van der Waals surface area contributed by atoms with Gasteiger partial charge in [-0.2, -0.15) is 17.2 Å². The summed E-state index contributed by atoms with van der Waals surface area (Å²) in [6.45, 7) is 12.0. The molecule has 0 nitrogen and oxygen atoms in total. The molecule has 0 aromatic carbocycles. The normalized spacial score (nSPS) is 15.1. The van der Waals surface area contributed by atoms with E-state index in [1.807, 2.05) is 0 Å². The third-order valence-corrected chi connectivity index (χ3v) is 16.1. The SMILES string of the molecule is CCCCCCCC([Si](C)(C)Cl)[Si](C)(C)C1=[C-]CC=C1.[Cl-].[Cl-].[Zr+3]. The number of allylic oxidation sites excluding steroid dienone is 4. The van der Waals surface area contributed by atoms with Crippen molar-refractivity contribution in [1.29, 1.82) is 0 Å². The maximum absolute atomic E-state index is 6.91. The van der Waals surface area contributed by atoms with Gasteiger partial charge in [-0.15, -0.1) is 6.42 Å². The first kappa shape index (κ1) is 29.4. The average molecular weight is 490 g/mol. The molecule has 0 aliphatic heterocycles. The van der Waals surface area contributed by atoms with Crippen molar-refractivity contribution in [3.8, 4) is 0 Å². The van der Waals surface area contributed by atoms with Crippen LogP contribution in [0.15, 0.2) is 17.3 Å². The molecule has 1 aliphatic rings. The van der Waals surface area contributed by atoms with Crippen LogP contribution in [-0.4, -0.2) is 15.5 Å². The molecule has 133 valence electrons. The first-order valence-corrected chi connectivity index (χ1v) is 15.4. The molecule has 0 fully saturated rings. The first-order chi connectivity index (χ1) is 9.30. The van der Waals surface area contributed by atoms with E-state index in [1.165, 1.54) is 43.7 Å². The first-order valence-electron chi connectivity index (χ1n) is 8.27. The Morgan fingerprint density at radius 2 is 1.65 bits per heavy atom. The van der Waals surface area contributed by atoms with Gasteiger partial charge in [-0.25, -0.2) is 11.3 Å². The average Bonchev–Trinajstić information content (AvgIpc) is 2.86. The number of halogens is 3. The Kier molecular flexibility index (Phi) is 17.7. The summed E-state index contributed by atoms with van der Waals surface area (Å²) in [7, 11) is -3.07. The summed E-state index contributed by atoms with van der Waals surface area (Å²) in [5, 5.41) is 2.29. The molecule has 0 saturated heterocycles. The van der Waals surface area contributed by atoms with E-state index < -0.39 is 15.5 Å². The molecule has 0 N–H and O–H groups in total. The molecule has 0 heterocycles. The van der Waals surface area contributed by atoms with Gasteiger partial charge in [-0.3, -0.25) is 6.08 Å². The van der Waals surface area contributed by atoms with Crippen molar-refractivity contribution in [2.24, 2.45) is 0 Å². The Morgan fingerprint density at radius 3 is 2.09 bits per heavy atom. The van der Waals surface area contributed by atoms with Crippen molar-refractivity contribution in [1.82, 2.24) is 0 Å². The Hall–Kier alpha value is 1.67. The van der Waals surface area contributed by atoms with E-state index >= 15 is 0 Å². The number of rotatable bonds is 9. The molecule has 23 heavy (non-hydrogen) atoms. The van der Waals surface area contributed by atoms with E-state index in [1.54, 1.807) is 0 Å². The fourth-order valence-electron chi connectivity index (χ4n) is 3.55. The summed E-state index contributed by atoms with van der Waals surface area (Å²) in [5.41, 5.74) is 0. The zero-order valence-electron chi connectivity index (χ0n) is 15.3. The quantitative estimate of drug-likeness (QED) is 0.193. The van der Waals surface area contributed by atoms with Gasteiger partial charge in [0.05, 0.1) is 0 Å².